The highest BCUT2D eigenvalue weighted by Gasteiger charge is 2.35. The van der Waals surface area contributed by atoms with Gasteiger partial charge in [-0.15, -0.1) is 0 Å². The van der Waals surface area contributed by atoms with Crippen LogP contribution in [0.15, 0.2) is 47.3 Å². The molecule has 2 aliphatic rings. The minimum atomic E-state index is -0.108. The summed E-state index contributed by atoms with van der Waals surface area (Å²) >= 11 is 12.9. The van der Waals surface area contributed by atoms with Crippen molar-refractivity contribution in [3.63, 3.8) is 0 Å². The van der Waals surface area contributed by atoms with Crippen molar-refractivity contribution in [3.05, 3.63) is 63.5 Å². The minimum Gasteiger partial charge on any atom is -0.356 e. The number of fused-ring (bicyclic) bond motifs is 4. The van der Waals surface area contributed by atoms with Gasteiger partial charge in [-0.25, -0.2) is 0 Å². The molecule has 2 aromatic rings. The van der Waals surface area contributed by atoms with E-state index in [1.54, 1.807) is 30.3 Å². The zero-order chi connectivity index (χ0) is 19.7. The maximum atomic E-state index is 12.2. The molecule has 146 valence electrons. The fraction of sp³-hybridized carbons (Fsp3) is 0.350. The number of amides is 1. The lowest BCUT2D eigenvalue weighted by atomic mass is 9.83. The van der Waals surface area contributed by atoms with E-state index in [0.717, 1.165) is 36.1 Å². The molecule has 8 heteroatoms. The average Bonchev–Trinajstić information content (AvgIpc) is 2.67. The molecule has 2 bridgehead atoms. The van der Waals surface area contributed by atoms with Crippen LogP contribution in [0.5, 0.6) is 0 Å². The molecule has 2 atom stereocenters. The SMILES string of the molecule is O=C(CSC(=S)N1C[C@@H]2C[C@H](C1)c1cccc(=O)n1C2)Nc1cccc(Cl)c1. The first-order chi connectivity index (χ1) is 13.5. The molecule has 1 amide bonds. The monoisotopic (exact) mass is 433 g/mol. The van der Waals surface area contributed by atoms with Crippen LogP contribution in [0, 0.1) is 5.92 Å². The molecule has 1 saturated heterocycles. The standard InChI is InChI=1S/C20H20ClN3O2S2/c21-15-3-1-4-16(8-15)22-18(25)12-28-20(27)23-9-13-7-14(11-23)17-5-2-6-19(26)24(17)10-13/h1-6,8,13-14H,7,9-12H2,(H,22,25)/t13-,14+/m0/s1. The zero-order valence-corrected chi connectivity index (χ0v) is 17.5. The highest BCUT2D eigenvalue weighted by molar-refractivity contribution is 8.23. The van der Waals surface area contributed by atoms with Crippen LogP contribution in [-0.2, 0) is 11.3 Å². The van der Waals surface area contributed by atoms with Gasteiger partial charge in [-0.1, -0.05) is 47.7 Å². The van der Waals surface area contributed by atoms with Crippen LogP contribution >= 0.6 is 35.6 Å². The molecule has 1 N–H and O–H groups in total. The van der Waals surface area contributed by atoms with E-state index in [-0.39, 0.29) is 17.2 Å². The molecule has 4 rings (SSSR count). The molecular formula is C20H20ClN3O2S2. The van der Waals surface area contributed by atoms with E-state index in [4.69, 9.17) is 23.8 Å². The van der Waals surface area contributed by atoms with Gasteiger partial charge in [0.25, 0.3) is 5.56 Å². The van der Waals surface area contributed by atoms with Crippen LogP contribution in [-0.4, -0.2) is 38.5 Å². The molecule has 2 aliphatic heterocycles. The van der Waals surface area contributed by atoms with Crippen molar-refractivity contribution in [3.8, 4) is 0 Å². The van der Waals surface area contributed by atoms with Crippen LogP contribution in [0.2, 0.25) is 5.02 Å². The summed E-state index contributed by atoms with van der Waals surface area (Å²) in [5.74, 6) is 0.863. The van der Waals surface area contributed by atoms with Crippen LogP contribution in [0.4, 0.5) is 5.69 Å². The van der Waals surface area contributed by atoms with Crippen LogP contribution < -0.4 is 10.9 Å². The Balaban J connectivity index is 1.35. The molecule has 0 radical (unpaired) electrons. The first kappa shape index (κ1) is 19.5. The van der Waals surface area contributed by atoms with Crippen molar-refractivity contribution in [1.82, 2.24) is 9.47 Å². The summed E-state index contributed by atoms with van der Waals surface area (Å²) in [6.45, 7) is 2.37. The van der Waals surface area contributed by atoms with Crippen LogP contribution in [0.25, 0.3) is 0 Å². The van der Waals surface area contributed by atoms with Gasteiger partial charge in [-0.3, -0.25) is 9.59 Å². The molecule has 0 unspecified atom stereocenters. The van der Waals surface area contributed by atoms with Gasteiger partial charge in [0, 0.05) is 48.0 Å². The molecule has 1 fully saturated rings. The Morgan fingerprint density at radius 2 is 2.04 bits per heavy atom. The number of hydrogen-bond acceptors (Lipinski definition) is 4. The number of nitrogens with one attached hydrogen (secondary N) is 1. The first-order valence-corrected chi connectivity index (χ1v) is 10.9. The molecule has 5 nitrogen and oxygen atoms in total. The van der Waals surface area contributed by atoms with Crippen LogP contribution in [0.3, 0.4) is 0 Å². The maximum Gasteiger partial charge on any atom is 0.250 e. The zero-order valence-electron chi connectivity index (χ0n) is 15.1. The molecule has 1 aromatic heterocycles. The highest BCUT2D eigenvalue weighted by atomic mass is 35.5. The Labute approximate surface area is 178 Å². The lowest BCUT2D eigenvalue weighted by molar-refractivity contribution is -0.113. The molecule has 28 heavy (non-hydrogen) atoms. The third kappa shape index (κ3) is 4.26. The topological polar surface area (TPSA) is 54.3 Å². The number of rotatable bonds is 3. The van der Waals surface area contributed by atoms with E-state index in [9.17, 15) is 9.59 Å². The molecule has 0 spiro atoms. The Kier molecular flexibility index (Phi) is 5.75. The van der Waals surface area contributed by atoms with Gasteiger partial charge in [0.1, 0.15) is 4.32 Å². The van der Waals surface area contributed by atoms with Gasteiger partial charge >= 0.3 is 0 Å². The summed E-state index contributed by atoms with van der Waals surface area (Å²) in [5.41, 5.74) is 1.86. The predicted molar refractivity (Wildman–Crippen MR) is 118 cm³/mol. The lowest BCUT2D eigenvalue weighted by Gasteiger charge is -2.43. The quantitative estimate of drug-likeness (QED) is 0.750. The van der Waals surface area contributed by atoms with Crippen molar-refractivity contribution in [2.75, 3.05) is 24.2 Å². The smallest absolute Gasteiger partial charge is 0.250 e. The number of thiocarbonyl (C=S) groups is 1. The summed E-state index contributed by atoms with van der Waals surface area (Å²) < 4.78 is 2.65. The van der Waals surface area contributed by atoms with Crippen LogP contribution in [0.1, 0.15) is 18.0 Å². The summed E-state index contributed by atoms with van der Waals surface area (Å²) in [5, 5.41) is 3.42. The number of pyridine rings is 1. The Morgan fingerprint density at radius 1 is 1.21 bits per heavy atom. The highest BCUT2D eigenvalue weighted by Crippen LogP contribution is 2.36. The van der Waals surface area contributed by atoms with Crippen molar-refractivity contribution in [1.29, 1.82) is 0 Å². The Morgan fingerprint density at radius 3 is 2.86 bits per heavy atom. The lowest BCUT2D eigenvalue weighted by Crippen LogP contribution is -2.48. The number of piperidine rings is 1. The molecule has 0 aliphatic carbocycles. The molecule has 3 heterocycles. The molecule has 1 aromatic carbocycles. The van der Waals surface area contributed by atoms with Gasteiger partial charge in [0.15, 0.2) is 0 Å². The number of hydrogen-bond donors (Lipinski definition) is 1. The number of benzene rings is 1. The number of halogens is 1. The normalized spacial score (nSPS) is 20.4. The predicted octanol–water partition coefficient (Wildman–Crippen LogP) is 3.58. The maximum absolute atomic E-state index is 12.2. The fourth-order valence-corrected chi connectivity index (χ4v) is 5.20. The van der Waals surface area contributed by atoms with Gasteiger partial charge in [-0.2, -0.15) is 0 Å². The van der Waals surface area contributed by atoms with Crippen molar-refractivity contribution < 1.29 is 4.79 Å². The molecular weight excluding hydrogens is 414 g/mol. The Bertz CT molecular complexity index is 978. The van der Waals surface area contributed by atoms with Gasteiger partial charge in [-0.05, 0) is 36.6 Å². The van der Waals surface area contributed by atoms with E-state index >= 15 is 0 Å². The number of carbonyl (C=O) groups excluding carboxylic acids is 1. The summed E-state index contributed by atoms with van der Waals surface area (Å²) in [4.78, 5) is 26.5. The fourth-order valence-electron chi connectivity index (χ4n) is 4.03. The summed E-state index contributed by atoms with van der Waals surface area (Å²) in [6.07, 6.45) is 1.09. The third-order valence-electron chi connectivity index (χ3n) is 5.17. The average molecular weight is 434 g/mol. The summed E-state index contributed by atoms with van der Waals surface area (Å²) in [6, 6.07) is 12.6. The number of aromatic nitrogens is 1. The minimum absolute atomic E-state index is 0.0790. The van der Waals surface area contributed by atoms with E-state index in [1.165, 1.54) is 11.8 Å². The second-order valence-electron chi connectivity index (χ2n) is 7.22. The third-order valence-corrected chi connectivity index (χ3v) is 6.93. The van der Waals surface area contributed by atoms with Gasteiger partial charge < -0.3 is 14.8 Å². The van der Waals surface area contributed by atoms with E-state index < -0.39 is 0 Å². The second-order valence-corrected chi connectivity index (χ2v) is 9.26. The second kappa shape index (κ2) is 8.27. The van der Waals surface area contributed by atoms with Gasteiger partial charge in [0.2, 0.25) is 5.91 Å². The van der Waals surface area contributed by atoms with E-state index in [2.05, 4.69) is 10.2 Å². The molecule has 0 saturated carbocycles. The number of carbonyl (C=O) groups is 1. The van der Waals surface area contributed by atoms with Gasteiger partial charge in [0.05, 0.1) is 5.75 Å². The number of thioether (sulfide) groups is 1. The Hall–Kier alpha value is -1.83. The van der Waals surface area contributed by atoms with Crippen molar-refractivity contribution >= 4 is 51.5 Å². The number of nitrogens with zero attached hydrogens (tertiary/aromatic N) is 2. The first-order valence-electron chi connectivity index (χ1n) is 9.16. The van der Waals surface area contributed by atoms with Crippen molar-refractivity contribution in [2.24, 2.45) is 5.92 Å². The van der Waals surface area contributed by atoms with E-state index in [0.29, 0.717) is 22.5 Å². The van der Waals surface area contributed by atoms with Crippen molar-refractivity contribution in [2.45, 2.75) is 18.9 Å². The number of likely N-dealkylation sites (tertiary alicyclic amines) is 1. The van der Waals surface area contributed by atoms with E-state index in [1.807, 2.05) is 16.7 Å². The largest absolute Gasteiger partial charge is 0.356 e. The number of anilines is 1. The summed E-state index contributed by atoms with van der Waals surface area (Å²) in [7, 11) is 0.